The standard InChI is InChI=1S/C14H19F4NO2/c1-3-7-19-11(8-21-9-14(16,17)18)10-5-4-6-12(20-2)13(10)15/h4-6,11,19H,3,7-9H2,1-2H3. The third kappa shape index (κ3) is 5.89. The van der Waals surface area contributed by atoms with Crippen LogP contribution in [0.25, 0.3) is 0 Å². The zero-order valence-electron chi connectivity index (χ0n) is 12.0. The van der Waals surface area contributed by atoms with Crippen LogP contribution in [0.1, 0.15) is 24.9 Å². The van der Waals surface area contributed by atoms with Gasteiger partial charge in [-0.3, -0.25) is 0 Å². The molecule has 1 atom stereocenters. The molecule has 7 heteroatoms. The summed E-state index contributed by atoms with van der Waals surface area (Å²) in [5.74, 6) is -0.546. The zero-order valence-corrected chi connectivity index (χ0v) is 12.0. The molecule has 0 radical (unpaired) electrons. The maximum absolute atomic E-state index is 14.2. The molecule has 1 N–H and O–H groups in total. The van der Waals surface area contributed by atoms with Crippen LogP contribution in [0.5, 0.6) is 5.75 Å². The second-order valence-corrected chi connectivity index (χ2v) is 4.50. The molecule has 1 aromatic carbocycles. The molecule has 0 saturated carbocycles. The molecule has 0 aliphatic rings. The lowest BCUT2D eigenvalue weighted by Gasteiger charge is -2.21. The molecular formula is C14H19F4NO2. The van der Waals surface area contributed by atoms with Crippen molar-refractivity contribution in [3.05, 3.63) is 29.6 Å². The lowest BCUT2D eigenvalue weighted by atomic mass is 10.1. The minimum atomic E-state index is -4.40. The Kier molecular flexibility index (Phi) is 6.91. The van der Waals surface area contributed by atoms with Gasteiger partial charge in [-0.2, -0.15) is 13.2 Å². The number of methoxy groups -OCH3 is 1. The number of halogens is 4. The Hall–Kier alpha value is -1.34. The number of hydrogen-bond acceptors (Lipinski definition) is 3. The van der Waals surface area contributed by atoms with E-state index in [2.05, 4.69) is 10.1 Å². The number of rotatable bonds is 8. The summed E-state index contributed by atoms with van der Waals surface area (Å²) in [6.45, 7) is 0.811. The van der Waals surface area contributed by atoms with Crippen LogP contribution >= 0.6 is 0 Å². The summed E-state index contributed by atoms with van der Waals surface area (Å²) in [6.07, 6.45) is -3.64. The van der Waals surface area contributed by atoms with Gasteiger partial charge in [0.05, 0.1) is 19.8 Å². The Morgan fingerprint density at radius 1 is 1.29 bits per heavy atom. The molecular weight excluding hydrogens is 290 g/mol. The highest BCUT2D eigenvalue weighted by atomic mass is 19.4. The van der Waals surface area contributed by atoms with Crippen LogP contribution < -0.4 is 10.1 Å². The third-order valence-electron chi connectivity index (χ3n) is 2.78. The molecule has 1 rings (SSSR count). The maximum Gasteiger partial charge on any atom is 0.411 e. The first-order chi connectivity index (χ1) is 9.89. The molecule has 1 aromatic rings. The smallest absolute Gasteiger partial charge is 0.411 e. The summed E-state index contributed by atoms with van der Waals surface area (Å²) in [5.41, 5.74) is 0.227. The van der Waals surface area contributed by atoms with E-state index in [9.17, 15) is 17.6 Å². The van der Waals surface area contributed by atoms with E-state index in [0.29, 0.717) is 6.54 Å². The quantitative estimate of drug-likeness (QED) is 0.746. The van der Waals surface area contributed by atoms with E-state index >= 15 is 0 Å². The second kappa shape index (κ2) is 8.19. The Labute approximate surface area is 121 Å². The Morgan fingerprint density at radius 3 is 2.57 bits per heavy atom. The predicted octanol–water partition coefficient (Wildman–Crippen LogP) is 3.45. The van der Waals surface area contributed by atoms with E-state index in [1.54, 1.807) is 6.07 Å². The average molecular weight is 309 g/mol. The Morgan fingerprint density at radius 2 is 2.00 bits per heavy atom. The van der Waals surface area contributed by atoms with E-state index in [4.69, 9.17) is 4.74 Å². The largest absolute Gasteiger partial charge is 0.494 e. The third-order valence-corrected chi connectivity index (χ3v) is 2.78. The number of ether oxygens (including phenoxy) is 2. The van der Waals surface area contributed by atoms with E-state index in [-0.39, 0.29) is 17.9 Å². The highest BCUT2D eigenvalue weighted by Gasteiger charge is 2.28. The van der Waals surface area contributed by atoms with Crippen molar-refractivity contribution in [3.8, 4) is 5.75 Å². The Balaban J connectivity index is 2.81. The SMILES string of the molecule is CCCNC(COCC(F)(F)F)c1cccc(OC)c1F. The topological polar surface area (TPSA) is 30.5 Å². The molecule has 0 fully saturated rings. The average Bonchev–Trinajstić information content (AvgIpc) is 2.42. The first kappa shape index (κ1) is 17.7. The van der Waals surface area contributed by atoms with Crippen molar-refractivity contribution in [1.29, 1.82) is 0 Å². The number of alkyl halides is 3. The van der Waals surface area contributed by atoms with E-state index in [1.165, 1.54) is 19.2 Å². The summed E-state index contributed by atoms with van der Waals surface area (Å²) in [6, 6.07) is 3.87. The van der Waals surface area contributed by atoms with Crippen molar-refractivity contribution in [2.45, 2.75) is 25.6 Å². The van der Waals surface area contributed by atoms with Crippen LogP contribution in [-0.2, 0) is 4.74 Å². The number of hydrogen-bond donors (Lipinski definition) is 1. The van der Waals surface area contributed by atoms with Gasteiger partial charge in [0.15, 0.2) is 11.6 Å². The van der Waals surface area contributed by atoms with E-state index < -0.39 is 24.6 Å². The highest BCUT2D eigenvalue weighted by Crippen LogP contribution is 2.26. The maximum atomic E-state index is 14.2. The van der Waals surface area contributed by atoms with Crippen LogP contribution in [0.15, 0.2) is 18.2 Å². The highest BCUT2D eigenvalue weighted by molar-refractivity contribution is 5.33. The molecule has 3 nitrogen and oxygen atoms in total. The van der Waals surface area contributed by atoms with Gasteiger partial charge in [-0.25, -0.2) is 4.39 Å². The van der Waals surface area contributed by atoms with Crippen LogP contribution in [0, 0.1) is 5.82 Å². The van der Waals surface area contributed by atoms with E-state index in [0.717, 1.165) is 6.42 Å². The van der Waals surface area contributed by atoms with Crippen LogP contribution in [0.4, 0.5) is 17.6 Å². The normalized spacial score (nSPS) is 13.2. The molecule has 0 aromatic heterocycles. The molecule has 0 aliphatic heterocycles. The fourth-order valence-electron chi connectivity index (χ4n) is 1.82. The van der Waals surface area contributed by atoms with Crippen molar-refractivity contribution in [2.24, 2.45) is 0 Å². The lowest BCUT2D eigenvalue weighted by Crippen LogP contribution is -2.29. The fourth-order valence-corrected chi connectivity index (χ4v) is 1.82. The van der Waals surface area contributed by atoms with Crippen molar-refractivity contribution >= 4 is 0 Å². The van der Waals surface area contributed by atoms with Crippen LogP contribution in [0.3, 0.4) is 0 Å². The van der Waals surface area contributed by atoms with Gasteiger partial charge >= 0.3 is 6.18 Å². The number of nitrogens with one attached hydrogen (secondary N) is 1. The van der Waals surface area contributed by atoms with Crippen molar-refractivity contribution in [3.63, 3.8) is 0 Å². The summed E-state index contributed by atoms with van der Waals surface area (Å²) >= 11 is 0. The minimum Gasteiger partial charge on any atom is -0.494 e. The lowest BCUT2D eigenvalue weighted by molar-refractivity contribution is -0.175. The molecule has 21 heavy (non-hydrogen) atoms. The molecule has 0 saturated heterocycles. The van der Waals surface area contributed by atoms with Crippen LogP contribution in [-0.4, -0.2) is 33.0 Å². The summed E-state index contributed by atoms with van der Waals surface area (Å²) in [5, 5.41) is 2.98. The molecule has 0 bridgehead atoms. The van der Waals surface area contributed by atoms with Crippen molar-refractivity contribution in [2.75, 3.05) is 26.9 Å². The molecule has 0 spiro atoms. The predicted molar refractivity (Wildman–Crippen MR) is 70.9 cm³/mol. The molecule has 0 amide bonds. The molecule has 0 aliphatic carbocycles. The first-order valence-corrected chi connectivity index (χ1v) is 6.59. The summed E-state index contributed by atoms with van der Waals surface area (Å²) < 4.78 is 60.0. The van der Waals surface area contributed by atoms with Gasteiger partial charge in [0.2, 0.25) is 0 Å². The van der Waals surface area contributed by atoms with Gasteiger partial charge in [-0.1, -0.05) is 19.1 Å². The van der Waals surface area contributed by atoms with Crippen molar-refractivity contribution < 1.29 is 27.0 Å². The first-order valence-electron chi connectivity index (χ1n) is 6.59. The van der Waals surface area contributed by atoms with Gasteiger partial charge in [0.1, 0.15) is 6.61 Å². The monoisotopic (exact) mass is 309 g/mol. The van der Waals surface area contributed by atoms with Crippen molar-refractivity contribution in [1.82, 2.24) is 5.32 Å². The van der Waals surface area contributed by atoms with Gasteiger partial charge in [0.25, 0.3) is 0 Å². The molecule has 1 unspecified atom stereocenters. The fraction of sp³-hybridized carbons (Fsp3) is 0.571. The Bertz CT molecular complexity index is 437. The summed E-state index contributed by atoms with van der Waals surface area (Å²) in [7, 11) is 1.33. The van der Waals surface area contributed by atoms with E-state index in [1.807, 2.05) is 6.92 Å². The minimum absolute atomic E-state index is 0.0478. The van der Waals surface area contributed by atoms with Gasteiger partial charge in [-0.15, -0.1) is 0 Å². The van der Waals surface area contributed by atoms with Gasteiger partial charge < -0.3 is 14.8 Å². The van der Waals surface area contributed by atoms with Gasteiger partial charge in [-0.05, 0) is 19.0 Å². The summed E-state index contributed by atoms with van der Waals surface area (Å²) in [4.78, 5) is 0. The molecule has 120 valence electrons. The number of benzene rings is 1. The molecule has 0 heterocycles. The second-order valence-electron chi connectivity index (χ2n) is 4.50. The van der Waals surface area contributed by atoms with Crippen LogP contribution in [0.2, 0.25) is 0 Å². The van der Waals surface area contributed by atoms with Gasteiger partial charge in [0, 0.05) is 5.56 Å². The zero-order chi connectivity index (χ0) is 15.9.